The van der Waals surface area contributed by atoms with Gasteiger partial charge >= 0.3 is 0 Å². The van der Waals surface area contributed by atoms with E-state index in [1.165, 1.54) is 17.5 Å². The number of hydrogen-bond acceptors (Lipinski definition) is 0. The van der Waals surface area contributed by atoms with Crippen LogP contribution in [0.15, 0.2) is 66.7 Å². The maximum absolute atomic E-state index is 12.8. The summed E-state index contributed by atoms with van der Waals surface area (Å²) < 4.78 is 12.8. The lowest BCUT2D eigenvalue weighted by Gasteiger charge is -1.99. The zero-order valence-electron chi connectivity index (χ0n) is 10.2. The third-order valence-electron chi connectivity index (χ3n) is 2.98. The largest absolute Gasteiger partial charge is 0.207 e. The molecule has 0 amide bonds. The molecule has 3 aromatic rings. The van der Waals surface area contributed by atoms with E-state index in [1.807, 2.05) is 24.3 Å². The van der Waals surface area contributed by atoms with E-state index in [-0.39, 0.29) is 5.82 Å². The third kappa shape index (κ3) is 2.48. The van der Waals surface area contributed by atoms with Crippen molar-refractivity contribution in [1.82, 2.24) is 0 Å². The summed E-state index contributed by atoms with van der Waals surface area (Å²) in [4.78, 5) is 0. The molecule has 0 radical (unpaired) electrons. The lowest BCUT2D eigenvalue weighted by Crippen LogP contribution is -1.80. The summed E-state index contributed by atoms with van der Waals surface area (Å²) in [5, 5.41) is 2.31. The van der Waals surface area contributed by atoms with Gasteiger partial charge in [0, 0.05) is 11.1 Å². The van der Waals surface area contributed by atoms with Crippen molar-refractivity contribution in [1.29, 1.82) is 0 Å². The van der Waals surface area contributed by atoms with E-state index in [1.54, 1.807) is 12.1 Å². The Morgan fingerprint density at radius 2 is 1.42 bits per heavy atom. The van der Waals surface area contributed by atoms with Crippen molar-refractivity contribution < 1.29 is 4.39 Å². The quantitative estimate of drug-likeness (QED) is 0.516. The van der Waals surface area contributed by atoms with Crippen molar-refractivity contribution in [3.63, 3.8) is 0 Å². The highest BCUT2D eigenvalue weighted by Crippen LogP contribution is 2.17. The van der Waals surface area contributed by atoms with Gasteiger partial charge in [-0.3, -0.25) is 0 Å². The predicted octanol–water partition coefficient (Wildman–Crippen LogP) is 4.38. The van der Waals surface area contributed by atoms with Crippen LogP contribution in [0.1, 0.15) is 11.1 Å². The fourth-order valence-electron chi connectivity index (χ4n) is 2.01. The van der Waals surface area contributed by atoms with Crippen molar-refractivity contribution in [2.24, 2.45) is 0 Å². The van der Waals surface area contributed by atoms with Gasteiger partial charge in [-0.25, -0.2) is 4.39 Å². The van der Waals surface area contributed by atoms with Gasteiger partial charge < -0.3 is 0 Å². The van der Waals surface area contributed by atoms with Gasteiger partial charge in [0.1, 0.15) is 5.82 Å². The fraction of sp³-hybridized carbons (Fsp3) is 0. The molecule has 0 aliphatic heterocycles. The Hall–Kier alpha value is -2.59. The lowest BCUT2D eigenvalue weighted by atomic mass is 10.0. The number of hydrogen-bond donors (Lipinski definition) is 0. The van der Waals surface area contributed by atoms with E-state index in [2.05, 4.69) is 30.0 Å². The highest BCUT2D eigenvalue weighted by molar-refractivity contribution is 5.88. The molecule has 1 heteroatoms. The van der Waals surface area contributed by atoms with Gasteiger partial charge in [-0.05, 0) is 41.1 Å². The summed E-state index contributed by atoms with van der Waals surface area (Å²) in [5.74, 6) is 5.97. The van der Waals surface area contributed by atoms with Crippen LogP contribution in [-0.2, 0) is 0 Å². The molecule has 0 unspecified atom stereocenters. The summed E-state index contributed by atoms with van der Waals surface area (Å²) >= 11 is 0. The van der Waals surface area contributed by atoms with E-state index >= 15 is 0 Å². The molecule has 3 rings (SSSR count). The molecule has 0 spiro atoms. The van der Waals surface area contributed by atoms with Crippen LogP contribution in [0, 0.1) is 17.7 Å². The van der Waals surface area contributed by atoms with Crippen molar-refractivity contribution in [3.05, 3.63) is 83.7 Å². The summed E-state index contributed by atoms with van der Waals surface area (Å²) in [6.45, 7) is 0. The molecule has 0 saturated carbocycles. The molecule has 0 aliphatic rings. The summed E-state index contributed by atoms with van der Waals surface area (Å²) in [7, 11) is 0. The van der Waals surface area contributed by atoms with E-state index in [0.717, 1.165) is 16.5 Å². The molecule has 90 valence electrons. The van der Waals surface area contributed by atoms with Crippen LogP contribution in [0.25, 0.3) is 10.8 Å². The van der Waals surface area contributed by atoms with Gasteiger partial charge in [-0.1, -0.05) is 48.2 Å². The lowest BCUT2D eigenvalue weighted by molar-refractivity contribution is 0.627. The number of benzene rings is 3. The van der Waals surface area contributed by atoms with Crippen molar-refractivity contribution in [2.75, 3.05) is 0 Å². The second kappa shape index (κ2) is 4.96. The van der Waals surface area contributed by atoms with Gasteiger partial charge in [0.25, 0.3) is 0 Å². The maximum atomic E-state index is 12.8. The Balaban J connectivity index is 2.05. The highest BCUT2D eigenvalue weighted by atomic mass is 19.1. The van der Waals surface area contributed by atoms with Gasteiger partial charge in [0.15, 0.2) is 0 Å². The van der Waals surface area contributed by atoms with Crippen LogP contribution >= 0.6 is 0 Å². The van der Waals surface area contributed by atoms with Gasteiger partial charge in [0.05, 0.1) is 0 Å². The molecule has 19 heavy (non-hydrogen) atoms. The smallest absolute Gasteiger partial charge is 0.123 e. The van der Waals surface area contributed by atoms with Crippen molar-refractivity contribution >= 4 is 10.8 Å². The molecule has 0 saturated heterocycles. The van der Waals surface area contributed by atoms with Crippen LogP contribution in [0.2, 0.25) is 0 Å². The number of halogens is 1. The molecule has 0 heterocycles. The molecule has 0 aliphatic carbocycles. The predicted molar refractivity (Wildman–Crippen MR) is 76.3 cm³/mol. The van der Waals surface area contributed by atoms with Crippen LogP contribution in [0.4, 0.5) is 4.39 Å². The minimum atomic E-state index is -0.240. The first kappa shape index (κ1) is 11.5. The number of fused-ring (bicyclic) bond motifs is 1. The maximum Gasteiger partial charge on any atom is 0.123 e. The van der Waals surface area contributed by atoms with Crippen LogP contribution in [0.5, 0.6) is 0 Å². The molecular weight excluding hydrogens is 235 g/mol. The van der Waals surface area contributed by atoms with Crippen molar-refractivity contribution in [2.45, 2.75) is 0 Å². The first-order chi connectivity index (χ1) is 9.33. The minimum Gasteiger partial charge on any atom is -0.207 e. The SMILES string of the molecule is Fc1ccc(C#Cc2cccc3ccccc23)cc1. The molecule has 3 aromatic carbocycles. The molecule has 0 fully saturated rings. The van der Waals surface area contributed by atoms with Crippen LogP contribution < -0.4 is 0 Å². The Morgan fingerprint density at radius 1 is 0.684 bits per heavy atom. The highest BCUT2D eigenvalue weighted by Gasteiger charge is 1.96. The summed E-state index contributed by atoms with van der Waals surface area (Å²) in [6, 6.07) is 20.4. The summed E-state index contributed by atoms with van der Waals surface area (Å²) in [6.07, 6.45) is 0. The molecular formula is C18H11F. The van der Waals surface area contributed by atoms with Gasteiger partial charge in [-0.15, -0.1) is 0 Å². The second-order valence-electron chi connectivity index (χ2n) is 4.28. The van der Waals surface area contributed by atoms with Crippen LogP contribution in [-0.4, -0.2) is 0 Å². The molecule has 0 aromatic heterocycles. The van der Waals surface area contributed by atoms with Gasteiger partial charge in [0.2, 0.25) is 0 Å². The Labute approximate surface area is 111 Å². The van der Waals surface area contributed by atoms with Crippen LogP contribution in [0.3, 0.4) is 0 Å². The first-order valence-electron chi connectivity index (χ1n) is 6.08. The molecule has 0 bridgehead atoms. The zero-order valence-corrected chi connectivity index (χ0v) is 10.2. The average Bonchev–Trinajstić information content (AvgIpc) is 2.47. The monoisotopic (exact) mass is 246 g/mol. The van der Waals surface area contributed by atoms with Crippen molar-refractivity contribution in [3.8, 4) is 11.8 Å². The number of rotatable bonds is 0. The zero-order chi connectivity index (χ0) is 13.1. The molecule has 0 atom stereocenters. The Bertz CT molecular complexity index is 769. The summed E-state index contributed by atoms with van der Waals surface area (Å²) in [5.41, 5.74) is 1.80. The molecule has 0 N–H and O–H groups in total. The van der Waals surface area contributed by atoms with E-state index in [4.69, 9.17) is 0 Å². The Morgan fingerprint density at radius 3 is 2.26 bits per heavy atom. The minimum absolute atomic E-state index is 0.240. The normalized spacial score (nSPS) is 9.95. The average molecular weight is 246 g/mol. The van der Waals surface area contributed by atoms with E-state index in [0.29, 0.717) is 0 Å². The Kier molecular flexibility index (Phi) is 3.00. The standard InChI is InChI=1S/C18H11F/c19-17-12-9-14(10-13-17)8-11-16-6-3-5-15-4-1-2-7-18(15)16/h1-7,9-10,12-13H. The van der Waals surface area contributed by atoms with Gasteiger partial charge in [-0.2, -0.15) is 0 Å². The third-order valence-corrected chi connectivity index (χ3v) is 2.98. The first-order valence-corrected chi connectivity index (χ1v) is 6.08. The van der Waals surface area contributed by atoms with E-state index in [9.17, 15) is 4.39 Å². The second-order valence-corrected chi connectivity index (χ2v) is 4.28. The van der Waals surface area contributed by atoms with E-state index < -0.39 is 0 Å². The molecule has 0 nitrogen and oxygen atoms in total. The topological polar surface area (TPSA) is 0 Å². The fourth-order valence-corrected chi connectivity index (χ4v) is 2.01.